The number of hydrogen-bond acceptors (Lipinski definition) is 3. The van der Waals surface area contributed by atoms with Crippen LogP contribution in [-0.2, 0) is 28.1 Å². The fourth-order valence-electron chi connectivity index (χ4n) is 4.05. The van der Waals surface area contributed by atoms with Crippen LogP contribution in [0.5, 0.6) is 0 Å². The first kappa shape index (κ1) is 22.3. The maximum Gasteiger partial charge on any atom is 0.325 e. The van der Waals surface area contributed by atoms with Crippen molar-refractivity contribution in [2.45, 2.75) is 25.4 Å². The number of nitrogens with one attached hydrogen (secondary N) is 1. The molecule has 1 atom stereocenters. The molecule has 4 amide bonds. The molecular weight excluding hydrogens is 414 g/mol. The van der Waals surface area contributed by atoms with Crippen molar-refractivity contribution in [3.63, 3.8) is 0 Å². The van der Waals surface area contributed by atoms with Gasteiger partial charge in [0.2, 0.25) is 5.91 Å². The van der Waals surface area contributed by atoms with Gasteiger partial charge >= 0.3 is 6.03 Å². The molecule has 1 unspecified atom stereocenters. The van der Waals surface area contributed by atoms with Crippen LogP contribution in [-0.4, -0.2) is 40.7 Å². The van der Waals surface area contributed by atoms with Crippen LogP contribution in [0.1, 0.15) is 23.6 Å². The number of benzene rings is 3. The third kappa shape index (κ3) is 4.95. The lowest BCUT2D eigenvalue weighted by atomic mass is 9.92. The molecular formula is C27H27N3O3. The van der Waals surface area contributed by atoms with Gasteiger partial charge in [-0.2, -0.15) is 0 Å². The van der Waals surface area contributed by atoms with Crippen molar-refractivity contribution in [1.29, 1.82) is 0 Å². The molecule has 0 bridgehead atoms. The predicted molar refractivity (Wildman–Crippen MR) is 126 cm³/mol. The van der Waals surface area contributed by atoms with Crippen molar-refractivity contribution in [2.75, 3.05) is 13.1 Å². The van der Waals surface area contributed by atoms with Gasteiger partial charge in [0, 0.05) is 13.1 Å². The number of nitrogens with zero attached hydrogens (tertiary/aromatic N) is 2. The minimum Gasteiger partial charge on any atom is -0.336 e. The lowest BCUT2D eigenvalue weighted by molar-refractivity contribution is -0.139. The summed E-state index contributed by atoms with van der Waals surface area (Å²) in [6.07, 6.45) is 0.682. The first-order valence-electron chi connectivity index (χ1n) is 11.0. The molecule has 0 radical (unpaired) electrons. The Labute approximate surface area is 193 Å². The first-order valence-corrected chi connectivity index (χ1v) is 11.0. The second-order valence-corrected chi connectivity index (χ2v) is 8.35. The minimum atomic E-state index is -1.19. The topological polar surface area (TPSA) is 69.7 Å². The van der Waals surface area contributed by atoms with Crippen molar-refractivity contribution >= 4 is 17.8 Å². The van der Waals surface area contributed by atoms with Crippen LogP contribution in [0.15, 0.2) is 91.0 Å². The zero-order valence-electron chi connectivity index (χ0n) is 18.6. The van der Waals surface area contributed by atoms with E-state index in [2.05, 4.69) is 5.32 Å². The molecule has 1 N–H and O–H groups in total. The summed E-state index contributed by atoms with van der Waals surface area (Å²) in [6, 6.07) is 28.2. The molecule has 6 nitrogen and oxygen atoms in total. The fraction of sp³-hybridized carbons (Fsp3) is 0.222. The van der Waals surface area contributed by atoms with Gasteiger partial charge in [-0.15, -0.1) is 0 Å². The van der Waals surface area contributed by atoms with E-state index in [9.17, 15) is 14.4 Å². The molecule has 1 aliphatic rings. The zero-order valence-corrected chi connectivity index (χ0v) is 18.6. The van der Waals surface area contributed by atoms with Crippen molar-refractivity contribution in [2.24, 2.45) is 0 Å². The average Bonchev–Trinajstić information content (AvgIpc) is 3.07. The van der Waals surface area contributed by atoms with Crippen molar-refractivity contribution in [3.8, 4) is 0 Å². The molecule has 0 aromatic heterocycles. The Bertz CT molecular complexity index is 1120. The highest BCUT2D eigenvalue weighted by atomic mass is 16.2. The van der Waals surface area contributed by atoms with Gasteiger partial charge < -0.3 is 10.2 Å². The van der Waals surface area contributed by atoms with Gasteiger partial charge in [0.15, 0.2) is 0 Å². The molecule has 1 heterocycles. The Balaban J connectivity index is 1.50. The Morgan fingerprint density at radius 3 is 2.00 bits per heavy atom. The third-order valence-electron chi connectivity index (χ3n) is 6.00. The Hall–Kier alpha value is -3.93. The molecule has 1 fully saturated rings. The van der Waals surface area contributed by atoms with E-state index in [1.807, 2.05) is 78.9 Å². The molecule has 1 saturated heterocycles. The highest BCUT2D eigenvalue weighted by molar-refractivity contribution is 6.09. The first-order chi connectivity index (χ1) is 16.0. The van der Waals surface area contributed by atoms with Gasteiger partial charge in [-0.1, -0.05) is 91.0 Å². The normalized spacial score (nSPS) is 17.7. The van der Waals surface area contributed by atoms with E-state index in [0.29, 0.717) is 25.1 Å². The monoisotopic (exact) mass is 441 g/mol. The molecule has 6 heteroatoms. The van der Waals surface area contributed by atoms with Crippen LogP contribution in [0.4, 0.5) is 4.79 Å². The van der Waals surface area contributed by atoms with Crippen LogP contribution in [0.2, 0.25) is 0 Å². The summed E-state index contributed by atoms with van der Waals surface area (Å²) in [5.41, 5.74) is 1.61. The van der Waals surface area contributed by atoms with E-state index >= 15 is 0 Å². The highest BCUT2D eigenvalue weighted by Crippen LogP contribution is 2.28. The van der Waals surface area contributed by atoms with Crippen molar-refractivity contribution in [3.05, 3.63) is 108 Å². The fourth-order valence-corrected chi connectivity index (χ4v) is 4.05. The second-order valence-electron chi connectivity index (χ2n) is 8.35. The predicted octanol–water partition coefficient (Wildman–Crippen LogP) is 3.73. The lowest BCUT2D eigenvalue weighted by Gasteiger charge is -2.26. The largest absolute Gasteiger partial charge is 0.336 e. The Kier molecular flexibility index (Phi) is 6.54. The summed E-state index contributed by atoms with van der Waals surface area (Å²) in [4.78, 5) is 41.9. The summed E-state index contributed by atoms with van der Waals surface area (Å²) >= 11 is 0. The van der Waals surface area contributed by atoms with Gasteiger partial charge in [-0.25, -0.2) is 4.79 Å². The van der Waals surface area contributed by atoms with Gasteiger partial charge in [-0.05, 0) is 30.0 Å². The summed E-state index contributed by atoms with van der Waals surface area (Å²) < 4.78 is 0. The van der Waals surface area contributed by atoms with Crippen LogP contribution in [0.25, 0.3) is 0 Å². The molecule has 0 spiro atoms. The third-order valence-corrected chi connectivity index (χ3v) is 6.00. The van der Waals surface area contributed by atoms with Gasteiger partial charge in [0.05, 0.1) is 0 Å². The van der Waals surface area contributed by atoms with E-state index in [1.54, 1.807) is 24.0 Å². The van der Waals surface area contributed by atoms with E-state index in [4.69, 9.17) is 0 Å². The highest BCUT2D eigenvalue weighted by Gasteiger charge is 2.49. The smallest absolute Gasteiger partial charge is 0.325 e. The maximum atomic E-state index is 13.3. The molecule has 1 aliphatic heterocycles. The van der Waals surface area contributed by atoms with E-state index in [0.717, 1.165) is 16.0 Å². The standard InChI is InChI=1S/C27H27N3O3/c1-27(23-15-9-4-10-16-23)25(32)30(26(33)28-27)20-24(31)29(19-22-13-7-3-8-14-22)18-17-21-11-5-2-6-12-21/h2-16H,17-20H2,1H3,(H,28,33). The number of imide groups is 1. The summed E-state index contributed by atoms with van der Waals surface area (Å²) in [6.45, 7) is 2.27. The van der Waals surface area contributed by atoms with Crippen molar-refractivity contribution < 1.29 is 14.4 Å². The van der Waals surface area contributed by atoms with Crippen LogP contribution >= 0.6 is 0 Å². The SMILES string of the molecule is CC1(c2ccccc2)NC(=O)N(CC(=O)N(CCc2ccccc2)Cc2ccccc2)C1=O. The molecule has 33 heavy (non-hydrogen) atoms. The molecule has 3 aromatic carbocycles. The number of carbonyl (C=O) groups is 3. The van der Waals surface area contributed by atoms with E-state index in [1.165, 1.54) is 0 Å². The van der Waals surface area contributed by atoms with E-state index < -0.39 is 17.5 Å². The van der Waals surface area contributed by atoms with Crippen LogP contribution in [0, 0.1) is 0 Å². The molecule has 0 aliphatic carbocycles. The minimum absolute atomic E-state index is 0.268. The zero-order chi connectivity index (χ0) is 23.3. The average molecular weight is 442 g/mol. The number of hydrogen-bond donors (Lipinski definition) is 1. The lowest BCUT2D eigenvalue weighted by Crippen LogP contribution is -2.44. The molecule has 0 saturated carbocycles. The summed E-state index contributed by atoms with van der Waals surface area (Å²) in [5, 5.41) is 2.76. The number of urea groups is 1. The number of carbonyl (C=O) groups excluding carboxylic acids is 3. The maximum absolute atomic E-state index is 13.3. The van der Waals surface area contributed by atoms with Gasteiger partial charge in [0.25, 0.3) is 5.91 Å². The Morgan fingerprint density at radius 1 is 0.848 bits per heavy atom. The van der Waals surface area contributed by atoms with Gasteiger partial charge in [0.1, 0.15) is 12.1 Å². The molecule has 4 rings (SSSR count). The second kappa shape index (κ2) is 9.69. The van der Waals surface area contributed by atoms with Crippen LogP contribution in [0.3, 0.4) is 0 Å². The molecule has 168 valence electrons. The number of amides is 4. The van der Waals surface area contributed by atoms with Gasteiger partial charge in [-0.3, -0.25) is 14.5 Å². The van der Waals surface area contributed by atoms with Crippen molar-refractivity contribution in [1.82, 2.24) is 15.1 Å². The van der Waals surface area contributed by atoms with Crippen LogP contribution < -0.4 is 5.32 Å². The quantitative estimate of drug-likeness (QED) is 0.542. The number of rotatable bonds is 8. The molecule has 3 aromatic rings. The van der Waals surface area contributed by atoms with E-state index in [-0.39, 0.29) is 12.5 Å². The summed E-state index contributed by atoms with van der Waals surface area (Å²) in [7, 11) is 0. The Morgan fingerprint density at radius 2 is 1.39 bits per heavy atom. The summed E-state index contributed by atoms with van der Waals surface area (Å²) in [5.74, 6) is -0.689.